The van der Waals surface area contributed by atoms with Gasteiger partial charge in [0.2, 0.25) is 0 Å². The number of nitrogens with one attached hydrogen (secondary N) is 2. The molecule has 0 saturated carbocycles. The second-order valence-electron chi connectivity index (χ2n) is 5.65. The molecule has 1 aromatic carbocycles. The van der Waals surface area contributed by atoms with Gasteiger partial charge in [-0.15, -0.1) is 10.2 Å². The van der Waals surface area contributed by atoms with Gasteiger partial charge in [0.25, 0.3) is 5.91 Å². The minimum Gasteiger partial charge on any atom is -0.465 e. The Morgan fingerprint density at radius 3 is 2.54 bits per heavy atom. The number of hydrogen-bond donors (Lipinski definition) is 2. The van der Waals surface area contributed by atoms with Gasteiger partial charge in [0, 0.05) is 18.9 Å². The van der Waals surface area contributed by atoms with Crippen LogP contribution in [0.4, 0.5) is 11.5 Å². The highest BCUT2D eigenvalue weighted by molar-refractivity contribution is 6.34. The Morgan fingerprint density at radius 1 is 1.07 bits per heavy atom. The lowest BCUT2D eigenvalue weighted by molar-refractivity contribution is 0.0600. The first kappa shape index (κ1) is 19.2. The van der Waals surface area contributed by atoms with Gasteiger partial charge < -0.3 is 15.4 Å². The molecule has 0 unspecified atom stereocenters. The molecule has 142 valence electrons. The van der Waals surface area contributed by atoms with E-state index in [2.05, 4.69) is 30.6 Å². The zero-order chi connectivity index (χ0) is 19.9. The molecule has 0 bridgehead atoms. The zero-order valence-electron chi connectivity index (χ0n) is 14.8. The number of nitrogens with zero attached hydrogens (tertiary/aromatic N) is 3. The average Bonchev–Trinajstić information content (AvgIpc) is 2.74. The Labute approximate surface area is 165 Å². The van der Waals surface area contributed by atoms with Crippen molar-refractivity contribution < 1.29 is 14.3 Å². The molecular formula is C19H16ClN5O3. The fourth-order valence-electron chi connectivity index (χ4n) is 2.29. The normalized spacial score (nSPS) is 10.2. The molecule has 0 atom stereocenters. The number of anilines is 2. The first-order valence-corrected chi connectivity index (χ1v) is 8.60. The van der Waals surface area contributed by atoms with Gasteiger partial charge in [-0.2, -0.15) is 0 Å². The van der Waals surface area contributed by atoms with Crippen LogP contribution in [0.1, 0.15) is 26.4 Å². The van der Waals surface area contributed by atoms with Crippen molar-refractivity contribution in [3.8, 4) is 0 Å². The van der Waals surface area contributed by atoms with Crippen molar-refractivity contribution in [1.29, 1.82) is 0 Å². The van der Waals surface area contributed by atoms with Crippen molar-refractivity contribution in [2.24, 2.45) is 0 Å². The monoisotopic (exact) mass is 397 g/mol. The average molecular weight is 398 g/mol. The van der Waals surface area contributed by atoms with E-state index in [4.69, 9.17) is 11.6 Å². The molecule has 2 heterocycles. The molecule has 9 heteroatoms. The summed E-state index contributed by atoms with van der Waals surface area (Å²) in [7, 11) is 1.27. The summed E-state index contributed by atoms with van der Waals surface area (Å²) >= 11 is 6.08. The van der Waals surface area contributed by atoms with E-state index in [-0.39, 0.29) is 22.0 Å². The fourth-order valence-corrected chi connectivity index (χ4v) is 2.46. The second-order valence-corrected chi connectivity index (χ2v) is 6.06. The minimum atomic E-state index is -0.531. The van der Waals surface area contributed by atoms with Gasteiger partial charge >= 0.3 is 5.97 Å². The highest BCUT2D eigenvalue weighted by Gasteiger charge is 2.14. The fraction of sp³-hybridized carbons (Fsp3) is 0.105. The largest absolute Gasteiger partial charge is 0.465 e. The predicted octanol–water partition coefficient (Wildman–Crippen LogP) is 3.18. The molecule has 0 fully saturated rings. The summed E-state index contributed by atoms with van der Waals surface area (Å²) < 4.78 is 4.66. The molecule has 28 heavy (non-hydrogen) atoms. The van der Waals surface area contributed by atoms with E-state index in [1.54, 1.807) is 18.5 Å². The van der Waals surface area contributed by atoms with Crippen LogP contribution in [0.15, 0.2) is 54.9 Å². The number of hydrogen-bond acceptors (Lipinski definition) is 7. The van der Waals surface area contributed by atoms with E-state index in [9.17, 15) is 9.59 Å². The maximum atomic E-state index is 12.4. The lowest BCUT2D eigenvalue weighted by Gasteiger charge is -2.09. The summed E-state index contributed by atoms with van der Waals surface area (Å²) in [6, 6.07) is 11.4. The number of halogens is 1. The number of benzene rings is 1. The Balaban J connectivity index is 1.65. The Hall–Kier alpha value is -3.52. The molecule has 3 aromatic rings. The standard InChI is InChI=1S/C19H16ClN5O3/c1-28-19(27)13-2-3-14(20)16(10-13)23-18(26)15-4-5-17(25-24-15)22-11-12-6-8-21-9-7-12/h2-10H,11H2,1H3,(H,22,25)(H,23,26). The molecule has 2 aromatic heterocycles. The smallest absolute Gasteiger partial charge is 0.337 e. The summed E-state index contributed by atoms with van der Waals surface area (Å²) in [4.78, 5) is 28.0. The molecule has 8 nitrogen and oxygen atoms in total. The third kappa shape index (κ3) is 4.80. The van der Waals surface area contributed by atoms with Gasteiger partial charge in [0.05, 0.1) is 23.4 Å². The van der Waals surface area contributed by atoms with Gasteiger partial charge in [-0.05, 0) is 48.0 Å². The first-order valence-electron chi connectivity index (χ1n) is 8.22. The van der Waals surface area contributed by atoms with Crippen molar-refractivity contribution in [3.05, 3.63) is 76.7 Å². The van der Waals surface area contributed by atoms with E-state index in [0.717, 1.165) is 5.56 Å². The molecule has 0 spiro atoms. The van der Waals surface area contributed by atoms with Crippen LogP contribution in [0.3, 0.4) is 0 Å². The minimum absolute atomic E-state index is 0.106. The quantitative estimate of drug-likeness (QED) is 0.615. The Bertz CT molecular complexity index is 981. The highest BCUT2D eigenvalue weighted by atomic mass is 35.5. The van der Waals surface area contributed by atoms with Crippen LogP contribution in [-0.4, -0.2) is 34.2 Å². The second kappa shape index (κ2) is 8.92. The molecule has 0 radical (unpaired) electrons. The number of aromatic nitrogens is 3. The number of ether oxygens (including phenoxy) is 1. The summed E-state index contributed by atoms with van der Waals surface area (Å²) in [5, 5.41) is 13.9. The number of rotatable bonds is 6. The van der Waals surface area contributed by atoms with Gasteiger partial charge in [-0.25, -0.2) is 4.79 Å². The van der Waals surface area contributed by atoms with E-state index in [1.807, 2.05) is 12.1 Å². The SMILES string of the molecule is COC(=O)c1ccc(Cl)c(NC(=O)c2ccc(NCc3ccncc3)nn2)c1. The number of amides is 1. The van der Waals surface area contributed by atoms with Gasteiger partial charge in [-0.1, -0.05) is 11.6 Å². The highest BCUT2D eigenvalue weighted by Crippen LogP contribution is 2.24. The van der Waals surface area contributed by atoms with Crippen LogP contribution in [0.25, 0.3) is 0 Å². The number of carbonyl (C=O) groups excluding carboxylic acids is 2. The molecule has 0 saturated heterocycles. The number of esters is 1. The summed E-state index contributed by atoms with van der Waals surface area (Å²) in [5.41, 5.74) is 1.69. The molecule has 2 N–H and O–H groups in total. The van der Waals surface area contributed by atoms with E-state index in [0.29, 0.717) is 12.4 Å². The summed E-state index contributed by atoms with van der Waals surface area (Å²) in [6.07, 6.45) is 3.41. The lowest BCUT2D eigenvalue weighted by atomic mass is 10.2. The predicted molar refractivity (Wildman–Crippen MR) is 104 cm³/mol. The van der Waals surface area contributed by atoms with Crippen molar-refractivity contribution in [2.45, 2.75) is 6.54 Å². The van der Waals surface area contributed by atoms with Crippen LogP contribution < -0.4 is 10.6 Å². The molecular weight excluding hydrogens is 382 g/mol. The summed E-state index contributed by atoms with van der Waals surface area (Å²) in [5.74, 6) is -0.507. The third-order valence-electron chi connectivity index (χ3n) is 3.76. The number of carbonyl (C=O) groups is 2. The number of pyridine rings is 1. The Morgan fingerprint density at radius 2 is 1.86 bits per heavy atom. The van der Waals surface area contributed by atoms with Crippen molar-refractivity contribution in [3.63, 3.8) is 0 Å². The maximum absolute atomic E-state index is 12.4. The van der Waals surface area contributed by atoms with Crippen LogP contribution in [-0.2, 0) is 11.3 Å². The zero-order valence-corrected chi connectivity index (χ0v) is 15.6. The number of methoxy groups -OCH3 is 1. The van der Waals surface area contributed by atoms with Crippen molar-refractivity contribution >= 4 is 35.0 Å². The molecule has 3 rings (SSSR count). The van der Waals surface area contributed by atoms with E-state index >= 15 is 0 Å². The van der Waals surface area contributed by atoms with Gasteiger partial charge in [0.15, 0.2) is 5.69 Å². The van der Waals surface area contributed by atoms with Crippen LogP contribution in [0.2, 0.25) is 5.02 Å². The van der Waals surface area contributed by atoms with E-state index in [1.165, 1.54) is 31.4 Å². The lowest BCUT2D eigenvalue weighted by Crippen LogP contribution is -2.15. The Kier molecular flexibility index (Phi) is 6.13. The van der Waals surface area contributed by atoms with Crippen LogP contribution >= 0.6 is 11.6 Å². The topological polar surface area (TPSA) is 106 Å². The molecule has 1 amide bonds. The van der Waals surface area contributed by atoms with Gasteiger partial charge in [0.1, 0.15) is 5.82 Å². The van der Waals surface area contributed by atoms with Crippen LogP contribution in [0, 0.1) is 0 Å². The first-order chi connectivity index (χ1) is 13.6. The van der Waals surface area contributed by atoms with E-state index < -0.39 is 11.9 Å². The molecule has 0 aliphatic rings. The molecule has 0 aliphatic carbocycles. The maximum Gasteiger partial charge on any atom is 0.337 e. The van der Waals surface area contributed by atoms with Gasteiger partial charge in [-0.3, -0.25) is 9.78 Å². The van der Waals surface area contributed by atoms with Crippen molar-refractivity contribution in [2.75, 3.05) is 17.7 Å². The van der Waals surface area contributed by atoms with Crippen molar-refractivity contribution in [1.82, 2.24) is 15.2 Å². The molecule has 0 aliphatic heterocycles. The van der Waals surface area contributed by atoms with Crippen LogP contribution in [0.5, 0.6) is 0 Å². The third-order valence-corrected chi connectivity index (χ3v) is 4.09. The summed E-state index contributed by atoms with van der Waals surface area (Å²) in [6.45, 7) is 0.554.